The van der Waals surface area contributed by atoms with Crippen LogP contribution in [0.3, 0.4) is 0 Å². The second kappa shape index (κ2) is 4.78. The maximum absolute atomic E-state index is 12.1. The van der Waals surface area contributed by atoms with Crippen LogP contribution < -0.4 is 11.1 Å². The molecule has 1 aromatic heterocycles. The lowest BCUT2D eigenvalue weighted by Gasteiger charge is -2.28. The summed E-state index contributed by atoms with van der Waals surface area (Å²) in [6.07, 6.45) is 3.34. The standard InChI is InChI=1S/C13H20N2OS/c1-13(2,8-14)12(16)15-10-4-3-5-11-9(10)6-7-17-11/h6-7,10H,3-5,8,14H2,1-2H3,(H,15,16). The Bertz CT molecular complexity index is 411. The van der Waals surface area contributed by atoms with Crippen LogP contribution in [0.25, 0.3) is 0 Å². The average Bonchev–Trinajstić information content (AvgIpc) is 2.78. The Labute approximate surface area is 106 Å². The molecule has 94 valence electrons. The van der Waals surface area contributed by atoms with Gasteiger partial charge < -0.3 is 11.1 Å². The molecule has 0 spiro atoms. The summed E-state index contributed by atoms with van der Waals surface area (Å²) in [5.41, 5.74) is 6.46. The van der Waals surface area contributed by atoms with Gasteiger partial charge in [0.25, 0.3) is 0 Å². The molecule has 2 rings (SSSR count). The number of carbonyl (C=O) groups is 1. The lowest BCUT2D eigenvalue weighted by atomic mass is 9.89. The number of nitrogens with two attached hydrogens (primary N) is 1. The number of amides is 1. The molecule has 0 saturated carbocycles. The zero-order valence-electron chi connectivity index (χ0n) is 10.5. The first kappa shape index (κ1) is 12.6. The fourth-order valence-electron chi connectivity index (χ4n) is 2.08. The molecular weight excluding hydrogens is 232 g/mol. The second-order valence-electron chi connectivity index (χ2n) is 5.31. The van der Waals surface area contributed by atoms with Crippen LogP contribution in [-0.4, -0.2) is 12.5 Å². The summed E-state index contributed by atoms with van der Waals surface area (Å²) in [7, 11) is 0. The monoisotopic (exact) mass is 252 g/mol. The van der Waals surface area contributed by atoms with Gasteiger partial charge in [-0.25, -0.2) is 0 Å². The zero-order chi connectivity index (χ0) is 12.5. The van der Waals surface area contributed by atoms with Crippen molar-refractivity contribution in [2.45, 2.75) is 39.2 Å². The highest BCUT2D eigenvalue weighted by atomic mass is 32.1. The van der Waals surface area contributed by atoms with Crippen LogP contribution in [0.4, 0.5) is 0 Å². The van der Waals surface area contributed by atoms with Gasteiger partial charge in [0.2, 0.25) is 5.91 Å². The van der Waals surface area contributed by atoms with Crippen molar-refractivity contribution < 1.29 is 4.79 Å². The summed E-state index contributed by atoms with van der Waals surface area (Å²) in [4.78, 5) is 13.5. The summed E-state index contributed by atoms with van der Waals surface area (Å²) >= 11 is 1.79. The van der Waals surface area contributed by atoms with Crippen LogP contribution in [0.2, 0.25) is 0 Å². The summed E-state index contributed by atoms with van der Waals surface area (Å²) in [5.74, 6) is 0.0593. The minimum atomic E-state index is -0.479. The Morgan fingerprint density at radius 2 is 2.41 bits per heavy atom. The minimum absolute atomic E-state index is 0.0593. The predicted molar refractivity (Wildman–Crippen MR) is 71.0 cm³/mol. The van der Waals surface area contributed by atoms with E-state index in [-0.39, 0.29) is 11.9 Å². The maximum Gasteiger partial charge on any atom is 0.227 e. The number of fused-ring (bicyclic) bond motifs is 1. The highest BCUT2D eigenvalue weighted by molar-refractivity contribution is 7.10. The number of hydrogen-bond acceptors (Lipinski definition) is 3. The average molecular weight is 252 g/mol. The van der Waals surface area contributed by atoms with Gasteiger partial charge in [-0.15, -0.1) is 11.3 Å². The summed E-state index contributed by atoms with van der Waals surface area (Å²) in [6, 6.07) is 2.32. The van der Waals surface area contributed by atoms with Crippen LogP contribution in [0.5, 0.6) is 0 Å². The molecule has 1 unspecified atom stereocenters. The van der Waals surface area contributed by atoms with Gasteiger partial charge in [-0.3, -0.25) is 4.79 Å². The van der Waals surface area contributed by atoms with Gasteiger partial charge in [-0.1, -0.05) is 0 Å². The first-order valence-electron chi connectivity index (χ1n) is 6.12. The number of thiophene rings is 1. The number of nitrogens with one attached hydrogen (secondary N) is 1. The molecule has 4 heteroatoms. The first-order chi connectivity index (χ1) is 8.04. The van der Waals surface area contributed by atoms with Gasteiger partial charge in [-0.2, -0.15) is 0 Å². The molecule has 0 fully saturated rings. The molecule has 17 heavy (non-hydrogen) atoms. The highest BCUT2D eigenvalue weighted by Crippen LogP contribution is 2.33. The van der Waals surface area contributed by atoms with Gasteiger partial charge in [-0.05, 0) is 50.1 Å². The molecule has 0 saturated heterocycles. The molecule has 0 aromatic carbocycles. The second-order valence-corrected chi connectivity index (χ2v) is 6.31. The fraction of sp³-hybridized carbons (Fsp3) is 0.615. The van der Waals surface area contributed by atoms with Crippen molar-refractivity contribution in [1.82, 2.24) is 5.32 Å². The van der Waals surface area contributed by atoms with Crippen molar-refractivity contribution in [2.24, 2.45) is 11.1 Å². The summed E-state index contributed by atoms with van der Waals surface area (Å²) < 4.78 is 0. The number of hydrogen-bond donors (Lipinski definition) is 2. The van der Waals surface area contributed by atoms with Crippen molar-refractivity contribution in [3.8, 4) is 0 Å². The third-order valence-electron chi connectivity index (χ3n) is 3.48. The molecule has 3 N–H and O–H groups in total. The van der Waals surface area contributed by atoms with Gasteiger partial charge >= 0.3 is 0 Å². The summed E-state index contributed by atoms with van der Waals surface area (Å²) in [6.45, 7) is 4.15. The van der Waals surface area contributed by atoms with Crippen LogP contribution in [0, 0.1) is 5.41 Å². The van der Waals surface area contributed by atoms with E-state index in [1.54, 1.807) is 11.3 Å². The molecule has 1 heterocycles. The predicted octanol–water partition coefficient (Wildman–Crippen LogP) is 2.23. The smallest absolute Gasteiger partial charge is 0.227 e. The molecule has 1 amide bonds. The number of carbonyl (C=O) groups excluding carboxylic acids is 1. The maximum atomic E-state index is 12.1. The molecule has 1 atom stereocenters. The molecule has 1 aliphatic carbocycles. The molecule has 3 nitrogen and oxygen atoms in total. The summed E-state index contributed by atoms with van der Waals surface area (Å²) in [5, 5.41) is 5.25. The van der Waals surface area contributed by atoms with Gasteiger partial charge in [0.05, 0.1) is 11.5 Å². The quantitative estimate of drug-likeness (QED) is 0.866. The molecule has 0 radical (unpaired) electrons. The lowest BCUT2D eigenvalue weighted by Crippen LogP contribution is -2.43. The Morgan fingerprint density at radius 3 is 3.12 bits per heavy atom. The third kappa shape index (κ3) is 2.53. The zero-order valence-corrected chi connectivity index (χ0v) is 11.3. The molecular formula is C13H20N2OS. The Kier molecular flexibility index (Phi) is 3.54. The lowest BCUT2D eigenvalue weighted by molar-refractivity contribution is -0.129. The van der Waals surface area contributed by atoms with Crippen LogP contribution >= 0.6 is 11.3 Å². The Balaban J connectivity index is 2.09. The van der Waals surface area contributed by atoms with Crippen molar-refractivity contribution in [2.75, 3.05) is 6.54 Å². The van der Waals surface area contributed by atoms with E-state index < -0.39 is 5.41 Å². The van der Waals surface area contributed by atoms with Gasteiger partial charge in [0.15, 0.2) is 0 Å². The van der Waals surface area contributed by atoms with Crippen molar-refractivity contribution in [3.63, 3.8) is 0 Å². The normalized spacial score (nSPS) is 19.8. The van der Waals surface area contributed by atoms with Crippen LogP contribution in [0.1, 0.15) is 43.2 Å². The van der Waals surface area contributed by atoms with E-state index >= 15 is 0 Å². The number of rotatable bonds is 3. The van der Waals surface area contributed by atoms with E-state index in [0.29, 0.717) is 6.54 Å². The Hall–Kier alpha value is -0.870. The SMILES string of the molecule is CC(C)(CN)C(=O)NC1CCCc2sccc21. The topological polar surface area (TPSA) is 55.1 Å². The first-order valence-corrected chi connectivity index (χ1v) is 7.00. The van der Waals surface area contributed by atoms with Crippen molar-refractivity contribution >= 4 is 17.2 Å². The van der Waals surface area contributed by atoms with Gasteiger partial charge in [0, 0.05) is 11.4 Å². The fourth-order valence-corrected chi connectivity index (χ4v) is 3.07. The van der Waals surface area contributed by atoms with E-state index in [4.69, 9.17) is 5.73 Å². The minimum Gasteiger partial charge on any atom is -0.349 e. The molecule has 0 bridgehead atoms. The third-order valence-corrected chi connectivity index (χ3v) is 4.48. The highest BCUT2D eigenvalue weighted by Gasteiger charge is 2.30. The molecule has 1 aliphatic rings. The van der Waals surface area contributed by atoms with E-state index in [2.05, 4.69) is 16.8 Å². The van der Waals surface area contributed by atoms with E-state index in [1.807, 2.05) is 13.8 Å². The van der Waals surface area contributed by atoms with E-state index in [9.17, 15) is 4.79 Å². The Morgan fingerprint density at radius 1 is 1.65 bits per heavy atom. The van der Waals surface area contributed by atoms with E-state index in [1.165, 1.54) is 10.4 Å². The van der Waals surface area contributed by atoms with Crippen molar-refractivity contribution in [3.05, 3.63) is 21.9 Å². The molecule has 1 aromatic rings. The van der Waals surface area contributed by atoms with Crippen LogP contribution in [-0.2, 0) is 11.2 Å². The van der Waals surface area contributed by atoms with E-state index in [0.717, 1.165) is 19.3 Å². The number of aryl methyl sites for hydroxylation is 1. The molecule has 0 aliphatic heterocycles. The van der Waals surface area contributed by atoms with Gasteiger partial charge in [0.1, 0.15) is 0 Å². The van der Waals surface area contributed by atoms with Crippen LogP contribution in [0.15, 0.2) is 11.4 Å². The van der Waals surface area contributed by atoms with Crippen molar-refractivity contribution in [1.29, 1.82) is 0 Å². The largest absolute Gasteiger partial charge is 0.349 e.